The van der Waals surface area contributed by atoms with E-state index in [1.165, 1.54) is 21.6 Å². The van der Waals surface area contributed by atoms with Crippen LogP contribution in [-0.4, -0.2) is 22.6 Å². The second-order valence-electron chi connectivity index (χ2n) is 6.74. The van der Waals surface area contributed by atoms with Gasteiger partial charge < -0.3 is 14.7 Å². The Hall–Kier alpha value is -3.27. The van der Waals surface area contributed by atoms with Gasteiger partial charge in [-0.2, -0.15) is 0 Å². The molecule has 0 spiro atoms. The topological polar surface area (TPSA) is 49.8 Å². The maximum atomic E-state index is 11.2. The van der Waals surface area contributed by atoms with Crippen LogP contribution in [0.25, 0.3) is 11.1 Å². The van der Waals surface area contributed by atoms with E-state index in [-0.39, 0.29) is 0 Å². The van der Waals surface area contributed by atoms with Gasteiger partial charge in [0.05, 0.1) is 0 Å². The summed E-state index contributed by atoms with van der Waals surface area (Å²) in [7, 11) is 0. The summed E-state index contributed by atoms with van der Waals surface area (Å²) in [4.78, 5) is 12.6. The Bertz CT molecular complexity index is 936. The molecule has 0 aliphatic carbocycles. The molecule has 0 bridgehead atoms. The maximum absolute atomic E-state index is 11.2. The summed E-state index contributed by atoms with van der Waals surface area (Å²) < 4.78 is 5.93. The zero-order valence-electron chi connectivity index (χ0n) is 15.0. The zero-order chi connectivity index (χ0) is 18.6. The van der Waals surface area contributed by atoms with Crippen LogP contribution in [0.15, 0.2) is 72.8 Å². The van der Waals surface area contributed by atoms with Crippen LogP contribution >= 0.6 is 0 Å². The third kappa shape index (κ3) is 3.95. The lowest BCUT2D eigenvalue weighted by Gasteiger charge is -2.26. The minimum Gasteiger partial charge on any atom is -0.489 e. The molecule has 0 unspecified atom stereocenters. The minimum absolute atomic E-state index is 0.424. The first kappa shape index (κ1) is 17.2. The van der Waals surface area contributed by atoms with Crippen molar-refractivity contribution in [3.05, 3.63) is 89.5 Å². The van der Waals surface area contributed by atoms with Gasteiger partial charge in [0.15, 0.2) is 0 Å². The molecule has 27 heavy (non-hydrogen) atoms. The Balaban J connectivity index is 1.42. The molecule has 0 fully saturated rings. The molecule has 1 aliphatic heterocycles. The van der Waals surface area contributed by atoms with Crippen LogP contribution in [0.5, 0.6) is 5.75 Å². The molecular weight excluding hydrogens is 338 g/mol. The van der Waals surface area contributed by atoms with Crippen LogP contribution < -0.4 is 4.74 Å². The molecule has 0 aromatic heterocycles. The van der Waals surface area contributed by atoms with E-state index in [4.69, 9.17) is 4.74 Å². The highest BCUT2D eigenvalue weighted by Crippen LogP contribution is 2.25. The standard InChI is InChI=1S/C23H21NO3/c25-23(26)24-13-12-20-10-11-22(14-21(20)15-24)27-16-17-6-8-19(9-7-17)18-4-2-1-3-5-18/h1-11,14H,12-13,15-16H2,(H,25,26). The second kappa shape index (κ2) is 7.54. The van der Waals surface area contributed by atoms with Gasteiger partial charge in [-0.05, 0) is 46.4 Å². The van der Waals surface area contributed by atoms with Crippen LogP contribution in [-0.2, 0) is 19.6 Å². The van der Waals surface area contributed by atoms with E-state index in [1.807, 2.05) is 36.4 Å². The molecule has 0 saturated heterocycles. The lowest BCUT2D eigenvalue weighted by atomic mass is 10.00. The molecule has 0 radical (unpaired) electrons. The van der Waals surface area contributed by atoms with Crippen LogP contribution in [0.2, 0.25) is 0 Å². The Kier molecular flexibility index (Phi) is 4.79. The number of rotatable bonds is 4. The van der Waals surface area contributed by atoms with Crippen LogP contribution in [0.1, 0.15) is 16.7 Å². The van der Waals surface area contributed by atoms with Gasteiger partial charge in [0.2, 0.25) is 0 Å². The molecule has 0 atom stereocenters. The highest BCUT2D eigenvalue weighted by Gasteiger charge is 2.20. The van der Waals surface area contributed by atoms with E-state index in [2.05, 4.69) is 36.4 Å². The normalized spacial score (nSPS) is 13.1. The third-order valence-electron chi connectivity index (χ3n) is 4.93. The number of benzene rings is 3. The molecule has 136 valence electrons. The van der Waals surface area contributed by atoms with Crippen molar-refractivity contribution in [1.82, 2.24) is 4.90 Å². The number of hydrogen-bond acceptors (Lipinski definition) is 2. The number of carboxylic acid groups (broad SMARTS) is 1. The van der Waals surface area contributed by atoms with Crippen molar-refractivity contribution in [3.63, 3.8) is 0 Å². The molecule has 4 heteroatoms. The largest absolute Gasteiger partial charge is 0.489 e. The molecule has 3 aromatic rings. The Morgan fingerprint density at radius 1 is 0.926 bits per heavy atom. The minimum atomic E-state index is -0.870. The van der Waals surface area contributed by atoms with E-state index in [0.717, 1.165) is 23.3 Å². The van der Waals surface area contributed by atoms with Gasteiger partial charge in [0.1, 0.15) is 12.4 Å². The molecule has 4 rings (SSSR count). The molecule has 1 N–H and O–H groups in total. The summed E-state index contributed by atoms with van der Waals surface area (Å²) in [6, 6.07) is 24.6. The van der Waals surface area contributed by atoms with Gasteiger partial charge >= 0.3 is 6.09 Å². The maximum Gasteiger partial charge on any atom is 0.407 e. The summed E-state index contributed by atoms with van der Waals surface area (Å²) in [5.74, 6) is 0.771. The summed E-state index contributed by atoms with van der Waals surface area (Å²) in [5, 5.41) is 9.18. The number of fused-ring (bicyclic) bond motifs is 1. The van der Waals surface area contributed by atoms with Gasteiger partial charge in [-0.1, -0.05) is 60.7 Å². The van der Waals surface area contributed by atoms with Crippen molar-refractivity contribution < 1.29 is 14.6 Å². The number of nitrogens with zero attached hydrogens (tertiary/aromatic N) is 1. The predicted molar refractivity (Wildman–Crippen MR) is 105 cm³/mol. The van der Waals surface area contributed by atoms with Gasteiger partial charge in [-0.3, -0.25) is 0 Å². The average molecular weight is 359 g/mol. The fourth-order valence-corrected chi connectivity index (χ4v) is 3.38. The van der Waals surface area contributed by atoms with E-state index in [0.29, 0.717) is 19.7 Å². The van der Waals surface area contributed by atoms with Gasteiger partial charge in [0, 0.05) is 13.1 Å². The summed E-state index contributed by atoms with van der Waals surface area (Å²) in [5.41, 5.74) is 5.71. The van der Waals surface area contributed by atoms with Crippen LogP contribution in [0.4, 0.5) is 4.79 Å². The fraction of sp³-hybridized carbons (Fsp3) is 0.174. The van der Waals surface area contributed by atoms with Crippen LogP contribution in [0.3, 0.4) is 0 Å². The molecule has 1 amide bonds. The highest BCUT2D eigenvalue weighted by molar-refractivity contribution is 5.65. The van der Waals surface area contributed by atoms with Crippen molar-refractivity contribution in [2.45, 2.75) is 19.6 Å². The fourth-order valence-electron chi connectivity index (χ4n) is 3.38. The van der Waals surface area contributed by atoms with Crippen LogP contribution in [0, 0.1) is 0 Å². The third-order valence-corrected chi connectivity index (χ3v) is 4.93. The zero-order valence-corrected chi connectivity index (χ0v) is 15.0. The Morgan fingerprint density at radius 2 is 1.67 bits per heavy atom. The summed E-state index contributed by atoms with van der Waals surface area (Å²) >= 11 is 0. The van der Waals surface area contributed by atoms with E-state index >= 15 is 0 Å². The lowest BCUT2D eigenvalue weighted by molar-refractivity contribution is 0.140. The predicted octanol–water partition coefficient (Wildman–Crippen LogP) is 4.97. The van der Waals surface area contributed by atoms with Crippen molar-refractivity contribution in [2.75, 3.05) is 6.54 Å². The first-order chi connectivity index (χ1) is 13.2. The molecule has 0 saturated carbocycles. The number of carbonyl (C=O) groups is 1. The monoisotopic (exact) mass is 359 g/mol. The molecule has 1 heterocycles. The van der Waals surface area contributed by atoms with Gasteiger partial charge in [0.25, 0.3) is 0 Å². The van der Waals surface area contributed by atoms with E-state index in [9.17, 15) is 9.90 Å². The molecule has 1 aliphatic rings. The smallest absolute Gasteiger partial charge is 0.407 e. The van der Waals surface area contributed by atoms with E-state index < -0.39 is 6.09 Å². The number of ether oxygens (including phenoxy) is 1. The first-order valence-electron chi connectivity index (χ1n) is 9.06. The highest BCUT2D eigenvalue weighted by atomic mass is 16.5. The molecule has 4 nitrogen and oxygen atoms in total. The van der Waals surface area contributed by atoms with Gasteiger partial charge in [-0.15, -0.1) is 0 Å². The van der Waals surface area contributed by atoms with E-state index in [1.54, 1.807) is 0 Å². The lowest BCUT2D eigenvalue weighted by Crippen LogP contribution is -2.34. The summed E-state index contributed by atoms with van der Waals surface area (Å²) in [6.07, 6.45) is -0.117. The van der Waals surface area contributed by atoms with Gasteiger partial charge in [-0.25, -0.2) is 4.79 Å². The quantitative estimate of drug-likeness (QED) is 0.715. The second-order valence-corrected chi connectivity index (χ2v) is 6.74. The summed E-state index contributed by atoms with van der Waals surface area (Å²) in [6.45, 7) is 1.46. The SMILES string of the molecule is O=C(O)N1CCc2ccc(OCc3ccc(-c4ccccc4)cc3)cc2C1. The van der Waals surface area contributed by atoms with Crippen molar-refractivity contribution in [1.29, 1.82) is 0 Å². The Morgan fingerprint density at radius 3 is 2.41 bits per heavy atom. The Labute approximate surface area is 158 Å². The van der Waals surface area contributed by atoms with Crippen molar-refractivity contribution >= 4 is 6.09 Å². The molecule has 3 aromatic carbocycles. The number of hydrogen-bond donors (Lipinski definition) is 1. The molecular formula is C23H21NO3. The van der Waals surface area contributed by atoms with Crippen molar-refractivity contribution in [2.24, 2.45) is 0 Å². The van der Waals surface area contributed by atoms with Crippen molar-refractivity contribution in [3.8, 4) is 16.9 Å². The average Bonchev–Trinajstić information content (AvgIpc) is 2.72. The first-order valence-corrected chi connectivity index (χ1v) is 9.06. The number of amides is 1.